The van der Waals surface area contributed by atoms with Gasteiger partial charge in [-0.05, 0) is 32.2 Å². The van der Waals surface area contributed by atoms with Crippen LogP contribution < -0.4 is 10.6 Å². The van der Waals surface area contributed by atoms with Gasteiger partial charge in [-0.2, -0.15) is 5.10 Å². The largest absolute Gasteiger partial charge is 0.352 e. The maximum atomic E-state index is 5.94. The van der Waals surface area contributed by atoms with E-state index in [4.69, 9.17) is 5.73 Å². The summed E-state index contributed by atoms with van der Waals surface area (Å²) in [5.74, 6) is 1.59. The van der Waals surface area contributed by atoms with Crippen molar-refractivity contribution >= 4 is 16.6 Å². The SMILES string of the molecule is CCN(c1nncc2ccccc12)C1CCCC1CN. The summed E-state index contributed by atoms with van der Waals surface area (Å²) in [4.78, 5) is 2.40. The predicted octanol–water partition coefficient (Wildman–Crippen LogP) is 2.58. The lowest BCUT2D eigenvalue weighted by atomic mass is 10.0. The highest BCUT2D eigenvalue weighted by Crippen LogP contribution is 2.34. The average Bonchev–Trinajstić information content (AvgIpc) is 2.97. The maximum absolute atomic E-state index is 5.94. The van der Waals surface area contributed by atoms with E-state index in [1.165, 1.54) is 24.6 Å². The van der Waals surface area contributed by atoms with E-state index in [9.17, 15) is 0 Å². The van der Waals surface area contributed by atoms with E-state index in [1.807, 2.05) is 12.3 Å². The van der Waals surface area contributed by atoms with Gasteiger partial charge in [-0.1, -0.05) is 30.7 Å². The Morgan fingerprint density at radius 3 is 2.95 bits per heavy atom. The summed E-state index contributed by atoms with van der Waals surface area (Å²) in [5, 5.41) is 10.9. The van der Waals surface area contributed by atoms with Crippen LogP contribution in [0.1, 0.15) is 26.2 Å². The van der Waals surface area contributed by atoms with Crippen molar-refractivity contribution in [2.75, 3.05) is 18.0 Å². The molecule has 1 heterocycles. The summed E-state index contributed by atoms with van der Waals surface area (Å²) in [6.45, 7) is 3.90. The minimum atomic E-state index is 0.505. The van der Waals surface area contributed by atoms with Crippen LogP contribution in [0.2, 0.25) is 0 Å². The fourth-order valence-corrected chi connectivity index (χ4v) is 3.47. The molecule has 2 atom stereocenters. The summed E-state index contributed by atoms with van der Waals surface area (Å²) in [6, 6.07) is 8.84. The summed E-state index contributed by atoms with van der Waals surface area (Å²) < 4.78 is 0. The Morgan fingerprint density at radius 1 is 1.30 bits per heavy atom. The molecule has 1 aliphatic rings. The molecular weight excluding hydrogens is 248 g/mol. The molecule has 1 fully saturated rings. The lowest BCUT2D eigenvalue weighted by molar-refractivity contribution is 0.459. The monoisotopic (exact) mass is 270 g/mol. The van der Waals surface area contributed by atoms with Crippen molar-refractivity contribution in [3.05, 3.63) is 30.5 Å². The molecule has 0 amide bonds. The number of nitrogens with zero attached hydrogens (tertiary/aromatic N) is 3. The number of benzene rings is 1. The van der Waals surface area contributed by atoms with Gasteiger partial charge in [0.25, 0.3) is 0 Å². The van der Waals surface area contributed by atoms with Crippen LogP contribution in [0.4, 0.5) is 5.82 Å². The molecule has 0 radical (unpaired) electrons. The Balaban J connectivity index is 2.03. The third kappa shape index (κ3) is 2.24. The first-order valence-electron chi connectivity index (χ1n) is 7.52. The molecule has 4 heteroatoms. The minimum absolute atomic E-state index is 0.505. The van der Waals surface area contributed by atoms with E-state index in [0.29, 0.717) is 12.0 Å². The van der Waals surface area contributed by atoms with Gasteiger partial charge in [0, 0.05) is 23.4 Å². The molecule has 1 saturated carbocycles. The molecule has 2 aromatic rings. The number of hydrogen-bond donors (Lipinski definition) is 1. The van der Waals surface area contributed by atoms with Gasteiger partial charge in [0.2, 0.25) is 0 Å². The van der Waals surface area contributed by atoms with Crippen molar-refractivity contribution in [2.45, 2.75) is 32.2 Å². The van der Waals surface area contributed by atoms with E-state index in [2.05, 4.69) is 40.2 Å². The summed E-state index contributed by atoms with van der Waals surface area (Å²) >= 11 is 0. The molecule has 3 rings (SSSR count). The number of fused-ring (bicyclic) bond motifs is 1. The van der Waals surface area contributed by atoms with E-state index in [0.717, 1.165) is 24.3 Å². The molecule has 1 aliphatic carbocycles. The quantitative estimate of drug-likeness (QED) is 0.927. The number of rotatable bonds is 4. The summed E-state index contributed by atoms with van der Waals surface area (Å²) in [5.41, 5.74) is 5.94. The van der Waals surface area contributed by atoms with Crippen molar-refractivity contribution < 1.29 is 0 Å². The first kappa shape index (κ1) is 13.3. The van der Waals surface area contributed by atoms with Crippen LogP contribution in [0.3, 0.4) is 0 Å². The van der Waals surface area contributed by atoms with Crippen LogP contribution in [0, 0.1) is 5.92 Å². The van der Waals surface area contributed by atoms with Crippen LogP contribution >= 0.6 is 0 Å². The molecule has 2 N–H and O–H groups in total. The maximum Gasteiger partial charge on any atom is 0.159 e. The van der Waals surface area contributed by atoms with Crippen molar-refractivity contribution in [3.63, 3.8) is 0 Å². The highest BCUT2D eigenvalue weighted by molar-refractivity contribution is 5.91. The van der Waals surface area contributed by atoms with Crippen molar-refractivity contribution in [1.82, 2.24) is 10.2 Å². The van der Waals surface area contributed by atoms with E-state index in [1.54, 1.807) is 0 Å². The van der Waals surface area contributed by atoms with E-state index >= 15 is 0 Å². The van der Waals surface area contributed by atoms with Crippen molar-refractivity contribution in [1.29, 1.82) is 0 Å². The second kappa shape index (κ2) is 5.75. The molecule has 20 heavy (non-hydrogen) atoms. The minimum Gasteiger partial charge on any atom is -0.352 e. The Labute approximate surface area is 120 Å². The van der Waals surface area contributed by atoms with Gasteiger partial charge in [0.1, 0.15) is 0 Å². The van der Waals surface area contributed by atoms with Gasteiger partial charge < -0.3 is 10.6 Å². The molecule has 0 aliphatic heterocycles. The average molecular weight is 270 g/mol. The Hall–Kier alpha value is -1.68. The van der Waals surface area contributed by atoms with Crippen LogP contribution in [0.5, 0.6) is 0 Å². The molecule has 0 saturated heterocycles. The van der Waals surface area contributed by atoms with Gasteiger partial charge in [-0.3, -0.25) is 0 Å². The molecule has 1 aromatic carbocycles. The molecule has 106 valence electrons. The highest BCUT2D eigenvalue weighted by atomic mass is 15.3. The van der Waals surface area contributed by atoms with Gasteiger partial charge in [-0.15, -0.1) is 5.10 Å². The van der Waals surface area contributed by atoms with Crippen LogP contribution in [-0.2, 0) is 0 Å². The lowest BCUT2D eigenvalue weighted by Gasteiger charge is -2.33. The fraction of sp³-hybridized carbons (Fsp3) is 0.500. The molecule has 0 spiro atoms. The van der Waals surface area contributed by atoms with Crippen LogP contribution in [0.25, 0.3) is 10.8 Å². The molecule has 4 nitrogen and oxygen atoms in total. The Morgan fingerprint density at radius 2 is 2.15 bits per heavy atom. The normalized spacial score (nSPS) is 22.3. The zero-order valence-corrected chi connectivity index (χ0v) is 12.0. The number of aromatic nitrogens is 2. The molecule has 0 bridgehead atoms. The Kier molecular flexibility index (Phi) is 3.83. The smallest absolute Gasteiger partial charge is 0.159 e. The van der Waals surface area contributed by atoms with Gasteiger partial charge >= 0.3 is 0 Å². The zero-order chi connectivity index (χ0) is 13.9. The molecule has 2 unspecified atom stereocenters. The number of hydrogen-bond acceptors (Lipinski definition) is 4. The van der Waals surface area contributed by atoms with Gasteiger partial charge in [0.05, 0.1) is 6.20 Å². The molecular formula is C16H22N4. The van der Waals surface area contributed by atoms with Crippen molar-refractivity contribution in [2.24, 2.45) is 11.7 Å². The lowest BCUT2D eigenvalue weighted by Crippen LogP contribution is -2.41. The second-order valence-corrected chi connectivity index (χ2v) is 5.54. The van der Waals surface area contributed by atoms with Crippen LogP contribution in [0.15, 0.2) is 30.5 Å². The third-order valence-corrected chi connectivity index (χ3v) is 4.49. The summed E-state index contributed by atoms with van der Waals surface area (Å²) in [6.07, 6.45) is 5.54. The fourth-order valence-electron chi connectivity index (χ4n) is 3.47. The third-order valence-electron chi connectivity index (χ3n) is 4.49. The molecule has 1 aromatic heterocycles. The zero-order valence-electron chi connectivity index (χ0n) is 12.0. The number of nitrogens with two attached hydrogens (primary N) is 1. The first-order valence-corrected chi connectivity index (χ1v) is 7.52. The predicted molar refractivity (Wildman–Crippen MR) is 82.7 cm³/mol. The topological polar surface area (TPSA) is 55.0 Å². The summed E-state index contributed by atoms with van der Waals surface area (Å²) in [7, 11) is 0. The number of anilines is 1. The van der Waals surface area contributed by atoms with Crippen molar-refractivity contribution in [3.8, 4) is 0 Å². The highest BCUT2D eigenvalue weighted by Gasteiger charge is 2.32. The van der Waals surface area contributed by atoms with Crippen LogP contribution in [-0.4, -0.2) is 29.3 Å². The van der Waals surface area contributed by atoms with E-state index in [-0.39, 0.29) is 0 Å². The second-order valence-electron chi connectivity index (χ2n) is 5.54. The standard InChI is InChI=1S/C16H22N4/c1-2-20(15-9-5-7-12(15)10-17)16-14-8-4-3-6-13(14)11-18-19-16/h3-4,6,8,11-12,15H,2,5,7,9-10,17H2,1H3. The van der Waals surface area contributed by atoms with Gasteiger partial charge in [0.15, 0.2) is 5.82 Å². The van der Waals surface area contributed by atoms with E-state index < -0.39 is 0 Å². The first-order chi connectivity index (χ1) is 9.85. The Bertz CT molecular complexity index is 578. The van der Waals surface area contributed by atoms with Gasteiger partial charge in [-0.25, -0.2) is 0 Å².